The van der Waals surface area contributed by atoms with Crippen LogP contribution in [0.15, 0.2) is 60.7 Å². The summed E-state index contributed by atoms with van der Waals surface area (Å²) < 4.78 is 28.4. The van der Waals surface area contributed by atoms with Gasteiger partial charge in [0, 0.05) is 0 Å². The normalized spacial score (nSPS) is 17.7. The first-order valence-corrected chi connectivity index (χ1v) is 14.7. The molecule has 0 atom stereocenters. The van der Waals surface area contributed by atoms with Crippen molar-refractivity contribution in [3.8, 4) is 0 Å². The van der Waals surface area contributed by atoms with E-state index in [-0.39, 0.29) is 10.8 Å². The number of hydrogen-bond donors (Lipinski definition) is 0. The molecule has 3 aromatic carbocycles. The van der Waals surface area contributed by atoms with Gasteiger partial charge in [-0.3, -0.25) is 0 Å². The summed E-state index contributed by atoms with van der Waals surface area (Å²) in [5.41, 5.74) is 5.56. The molecular weight excluding hydrogens is 482 g/mol. The molecule has 37 heavy (non-hydrogen) atoms. The van der Waals surface area contributed by atoms with Crippen LogP contribution < -0.4 is 0 Å². The van der Waals surface area contributed by atoms with Gasteiger partial charge in [-0.1, -0.05) is 93.1 Å². The van der Waals surface area contributed by atoms with Gasteiger partial charge in [-0.25, -0.2) is 8.78 Å². The van der Waals surface area contributed by atoms with Crippen LogP contribution in [0.2, 0.25) is 5.02 Å². The third-order valence-electron chi connectivity index (χ3n) is 8.28. The van der Waals surface area contributed by atoms with E-state index in [1.54, 1.807) is 18.2 Å². The number of halogens is 3. The molecule has 3 heteroatoms. The van der Waals surface area contributed by atoms with Gasteiger partial charge in [-0.15, -0.1) is 0 Å². The number of hydrogen-bond acceptors (Lipinski definition) is 0. The fourth-order valence-electron chi connectivity index (χ4n) is 5.73. The van der Waals surface area contributed by atoms with E-state index < -0.39 is 5.82 Å². The van der Waals surface area contributed by atoms with Crippen LogP contribution in [0.3, 0.4) is 0 Å². The van der Waals surface area contributed by atoms with Crippen LogP contribution in [0.1, 0.15) is 86.1 Å². The lowest BCUT2D eigenvalue weighted by atomic mass is 9.77. The van der Waals surface area contributed by atoms with Crippen molar-refractivity contribution in [1.29, 1.82) is 0 Å². The zero-order valence-electron chi connectivity index (χ0n) is 22.3. The van der Waals surface area contributed by atoms with Crippen molar-refractivity contribution >= 4 is 11.6 Å². The standard InChI is InChI=1S/C34H41ClF2/c1-2-3-4-25-5-7-26(8-6-25)9-10-27-11-13-28(14-12-27)15-16-29-17-20-31(33(36)23-29)21-18-30-19-22-32(35)34(37)24-30/h5-8,17,19-20,22-24,27-28H,2-4,9-16,18,21H2,1H3/t27-,28-. The summed E-state index contributed by atoms with van der Waals surface area (Å²) in [5, 5.41) is 0.121. The van der Waals surface area contributed by atoms with Crippen LogP contribution in [-0.2, 0) is 32.1 Å². The molecule has 0 bridgehead atoms. The first-order chi connectivity index (χ1) is 18.0. The van der Waals surface area contributed by atoms with Gasteiger partial charge >= 0.3 is 0 Å². The van der Waals surface area contributed by atoms with Gasteiger partial charge in [-0.2, -0.15) is 0 Å². The topological polar surface area (TPSA) is 0 Å². The van der Waals surface area contributed by atoms with Crippen molar-refractivity contribution < 1.29 is 8.78 Å². The maximum absolute atomic E-state index is 14.7. The Balaban J connectivity index is 1.15. The van der Waals surface area contributed by atoms with Gasteiger partial charge in [0.15, 0.2) is 0 Å². The molecule has 0 amide bonds. The van der Waals surface area contributed by atoms with Gasteiger partial charge in [0.2, 0.25) is 0 Å². The van der Waals surface area contributed by atoms with E-state index in [4.69, 9.17) is 11.6 Å². The summed E-state index contributed by atoms with van der Waals surface area (Å²) in [6.07, 6.45) is 14.7. The van der Waals surface area contributed by atoms with Gasteiger partial charge in [-0.05, 0) is 109 Å². The van der Waals surface area contributed by atoms with E-state index >= 15 is 0 Å². The van der Waals surface area contributed by atoms with Crippen LogP contribution in [0.4, 0.5) is 8.78 Å². The molecule has 1 fully saturated rings. The summed E-state index contributed by atoms with van der Waals surface area (Å²) >= 11 is 5.75. The van der Waals surface area contributed by atoms with Crippen LogP contribution in [-0.4, -0.2) is 0 Å². The quantitative estimate of drug-likeness (QED) is 0.222. The highest BCUT2D eigenvalue weighted by molar-refractivity contribution is 6.30. The summed E-state index contributed by atoms with van der Waals surface area (Å²) in [7, 11) is 0. The number of unbranched alkanes of at least 4 members (excludes halogenated alkanes) is 1. The minimum absolute atomic E-state index is 0.121. The number of aryl methyl sites for hydroxylation is 5. The van der Waals surface area contributed by atoms with E-state index in [1.165, 1.54) is 75.0 Å². The highest BCUT2D eigenvalue weighted by Crippen LogP contribution is 2.34. The third-order valence-corrected chi connectivity index (χ3v) is 8.58. The Hall–Kier alpha value is -2.19. The highest BCUT2D eigenvalue weighted by atomic mass is 35.5. The van der Waals surface area contributed by atoms with Crippen LogP contribution in [0.25, 0.3) is 0 Å². The summed E-state index contributed by atoms with van der Waals surface area (Å²) in [5.74, 6) is 1.05. The predicted molar refractivity (Wildman–Crippen MR) is 152 cm³/mol. The first-order valence-electron chi connectivity index (χ1n) is 14.3. The first kappa shape index (κ1) is 27.8. The monoisotopic (exact) mass is 522 g/mol. The van der Waals surface area contributed by atoms with Gasteiger partial charge in [0.1, 0.15) is 11.6 Å². The SMILES string of the molecule is CCCCc1ccc(CC[C@H]2CC[C@H](CCc3ccc(CCc4ccc(Cl)c(F)c4)c(F)c3)CC2)cc1. The second-order valence-corrected chi connectivity index (χ2v) is 11.5. The lowest BCUT2D eigenvalue weighted by molar-refractivity contribution is 0.253. The lowest BCUT2D eigenvalue weighted by Gasteiger charge is -2.28. The van der Waals surface area contributed by atoms with Crippen LogP contribution in [0, 0.1) is 23.5 Å². The van der Waals surface area contributed by atoms with Crippen molar-refractivity contribution in [3.63, 3.8) is 0 Å². The Kier molecular flexibility index (Phi) is 10.6. The maximum Gasteiger partial charge on any atom is 0.142 e. The van der Waals surface area contributed by atoms with E-state index in [0.717, 1.165) is 35.8 Å². The Labute approximate surface area is 227 Å². The molecule has 0 unspecified atom stereocenters. The summed E-state index contributed by atoms with van der Waals surface area (Å²) in [4.78, 5) is 0. The van der Waals surface area contributed by atoms with Crippen LogP contribution in [0.5, 0.6) is 0 Å². The van der Waals surface area contributed by atoms with E-state index in [0.29, 0.717) is 18.4 Å². The zero-order chi connectivity index (χ0) is 26.0. The van der Waals surface area contributed by atoms with Crippen molar-refractivity contribution in [2.24, 2.45) is 11.8 Å². The molecule has 3 aromatic rings. The highest BCUT2D eigenvalue weighted by Gasteiger charge is 2.21. The molecular formula is C34H41ClF2. The average molecular weight is 523 g/mol. The molecule has 4 rings (SSSR count). The van der Waals surface area contributed by atoms with Gasteiger partial charge in [0.25, 0.3) is 0 Å². The molecule has 0 N–H and O–H groups in total. The average Bonchev–Trinajstić information content (AvgIpc) is 2.92. The molecule has 1 saturated carbocycles. The molecule has 0 nitrogen and oxygen atoms in total. The minimum Gasteiger partial charge on any atom is -0.207 e. The molecule has 0 spiro atoms. The van der Waals surface area contributed by atoms with E-state index in [2.05, 4.69) is 37.3 Å². The number of benzene rings is 3. The second kappa shape index (κ2) is 14.1. The smallest absolute Gasteiger partial charge is 0.142 e. The van der Waals surface area contributed by atoms with Crippen LogP contribution >= 0.6 is 11.6 Å². The lowest BCUT2D eigenvalue weighted by Crippen LogP contribution is -2.16. The molecule has 1 aliphatic carbocycles. The Morgan fingerprint density at radius 1 is 0.622 bits per heavy atom. The largest absolute Gasteiger partial charge is 0.207 e. The van der Waals surface area contributed by atoms with Crippen molar-refractivity contribution in [2.75, 3.05) is 0 Å². The summed E-state index contributed by atoms with van der Waals surface area (Å²) in [6.45, 7) is 2.25. The molecule has 0 heterocycles. The Morgan fingerprint density at radius 2 is 1.14 bits per heavy atom. The summed E-state index contributed by atoms with van der Waals surface area (Å²) in [6, 6.07) is 19.8. The molecule has 0 radical (unpaired) electrons. The minimum atomic E-state index is -0.420. The van der Waals surface area contributed by atoms with Crippen molar-refractivity contribution in [1.82, 2.24) is 0 Å². The van der Waals surface area contributed by atoms with Gasteiger partial charge < -0.3 is 0 Å². The Morgan fingerprint density at radius 3 is 1.73 bits per heavy atom. The molecule has 0 saturated heterocycles. The molecule has 0 aliphatic heterocycles. The van der Waals surface area contributed by atoms with Gasteiger partial charge in [0.05, 0.1) is 5.02 Å². The molecule has 0 aromatic heterocycles. The van der Waals surface area contributed by atoms with Crippen molar-refractivity contribution in [3.05, 3.63) is 105 Å². The maximum atomic E-state index is 14.7. The fourth-order valence-corrected chi connectivity index (χ4v) is 5.84. The molecule has 1 aliphatic rings. The third kappa shape index (κ3) is 8.67. The van der Waals surface area contributed by atoms with E-state index in [9.17, 15) is 8.78 Å². The van der Waals surface area contributed by atoms with E-state index in [1.807, 2.05) is 6.07 Å². The fraction of sp³-hybridized carbons (Fsp3) is 0.471. The zero-order valence-corrected chi connectivity index (χ0v) is 23.0. The van der Waals surface area contributed by atoms with Crippen molar-refractivity contribution in [2.45, 2.75) is 90.4 Å². The number of rotatable bonds is 12. The Bertz CT molecular complexity index is 1110. The predicted octanol–water partition coefficient (Wildman–Crippen LogP) is 10.1. The second-order valence-electron chi connectivity index (χ2n) is 11.1. The molecule has 198 valence electrons.